The highest BCUT2D eigenvalue weighted by Gasteiger charge is 2.41. The van der Waals surface area contributed by atoms with E-state index in [4.69, 9.17) is 28.4 Å². The van der Waals surface area contributed by atoms with Crippen molar-refractivity contribution in [2.24, 2.45) is 5.92 Å². The summed E-state index contributed by atoms with van der Waals surface area (Å²) in [5.74, 6) is 2.01. The zero-order valence-electron chi connectivity index (χ0n) is 30.7. The molecule has 52 heavy (non-hydrogen) atoms. The molecule has 0 radical (unpaired) electrons. The second-order valence-electron chi connectivity index (χ2n) is 13.5. The molecule has 2 fully saturated rings. The number of carbonyl (C=O) groups is 2. The minimum Gasteiger partial charge on any atom is -0.508 e. The Kier molecular flexibility index (Phi) is 14.6. The Bertz CT molecular complexity index is 1620. The average Bonchev–Trinajstić information content (AvgIpc) is 3.18. The van der Waals surface area contributed by atoms with Crippen molar-refractivity contribution in [1.29, 1.82) is 0 Å². The number of benzene rings is 3. The molecule has 282 valence electrons. The van der Waals surface area contributed by atoms with Gasteiger partial charge in [0.1, 0.15) is 17.9 Å². The maximum absolute atomic E-state index is 14.9. The van der Waals surface area contributed by atoms with E-state index in [1.165, 1.54) is 0 Å². The molecule has 0 unspecified atom stereocenters. The summed E-state index contributed by atoms with van der Waals surface area (Å²) in [4.78, 5) is 31.0. The molecule has 1 amide bonds. The van der Waals surface area contributed by atoms with Crippen LogP contribution in [0.5, 0.6) is 34.5 Å². The lowest BCUT2D eigenvalue weighted by Gasteiger charge is -2.40. The molecule has 0 spiro atoms. The number of ether oxygens (including phenoxy) is 6. The van der Waals surface area contributed by atoms with Gasteiger partial charge in [0.15, 0.2) is 23.0 Å². The lowest BCUT2D eigenvalue weighted by molar-refractivity contribution is -0.163. The number of aryl methyl sites for hydroxylation is 1. The first kappa shape index (κ1) is 39.3. The Balaban J connectivity index is 1.43. The summed E-state index contributed by atoms with van der Waals surface area (Å²) in [5.41, 5.74) is 2.48. The second-order valence-corrected chi connectivity index (χ2v) is 14.5. The first-order valence-corrected chi connectivity index (χ1v) is 19.8. The number of hydrogen-bond acceptors (Lipinski definition) is 9. The molecule has 1 heterocycles. The number of carbonyl (C=O) groups excluding carboxylic acids is 2. The zero-order valence-corrected chi connectivity index (χ0v) is 32.9. The largest absolute Gasteiger partial charge is 0.508 e. The standard InChI is InChI=1S/C41H52INO9/c1-47-34-19-17-27(23-35(34)48-2)16-18-33(29-13-10-14-31(44)24-29)52-41(46)32-15-8-9-21-43(32)40(45)38(28-11-6-5-7-12-28)30-25-36(49-3)39(51-22-20-42)37(26-30)50-4/h10,13-14,17,19,23-26,28,32-33,38,44H,5-9,11-12,15-16,18,20-22H2,1-4H3/t32-,33+,38+/m1/s1. The Hall–Kier alpha value is -3.87. The van der Waals surface area contributed by atoms with Crippen LogP contribution in [-0.2, 0) is 20.7 Å². The predicted octanol–water partition coefficient (Wildman–Crippen LogP) is 8.20. The van der Waals surface area contributed by atoms with Crippen molar-refractivity contribution in [3.05, 3.63) is 71.3 Å². The van der Waals surface area contributed by atoms with Crippen molar-refractivity contribution in [2.45, 2.75) is 82.3 Å². The highest BCUT2D eigenvalue weighted by Crippen LogP contribution is 2.45. The number of likely N-dealkylation sites (tertiary alicyclic amines) is 1. The van der Waals surface area contributed by atoms with Gasteiger partial charge in [-0.25, -0.2) is 4.79 Å². The molecule has 0 bridgehead atoms. The third kappa shape index (κ3) is 9.56. The van der Waals surface area contributed by atoms with Crippen molar-refractivity contribution in [1.82, 2.24) is 4.90 Å². The normalized spacial score (nSPS) is 17.5. The van der Waals surface area contributed by atoms with Crippen LogP contribution in [0.2, 0.25) is 0 Å². The number of rotatable bonds is 16. The molecule has 1 saturated heterocycles. The van der Waals surface area contributed by atoms with Gasteiger partial charge in [0.05, 0.1) is 41.0 Å². The highest BCUT2D eigenvalue weighted by atomic mass is 127. The molecule has 2 aliphatic rings. The number of amides is 1. The van der Waals surface area contributed by atoms with Gasteiger partial charge in [0.25, 0.3) is 0 Å². The number of alkyl halides is 1. The van der Waals surface area contributed by atoms with Crippen LogP contribution in [0, 0.1) is 5.92 Å². The van der Waals surface area contributed by atoms with Gasteiger partial charge < -0.3 is 38.4 Å². The molecule has 1 saturated carbocycles. The smallest absolute Gasteiger partial charge is 0.329 e. The van der Waals surface area contributed by atoms with Crippen molar-refractivity contribution in [3.63, 3.8) is 0 Å². The third-order valence-electron chi connectivity index (χ3n) is 10.3. The van der Waals surface area contributed by atoms with Crippen molar-refractivity contribution in [3.8, 4) is 34.5 Å². The van der Waals surface area contributed by atoms with Crippen LogP contribution in [0.3, 0.4) is 0 Å². The van der Waals surface area contributed by atoms with E-state index in [1.807, 2.05) is 36.4 Å². The number of phenols is 1. The van der Waals surface area contributed by atoms with Gasteiger partial charge in [-0.3, -0.25) is 4.79 Å². The molecule has 0 aromatic heterocycles. The Morgan fingerprint density at radius 3 is 2.15 bits per heavy atom. The van der Waals surface area contributed by atoms with Crippen LogP contribution in [0.1, 0.15) is 86.5 Å². The zero-order chi connectivity index (χ0) is 37.0. The summed E-state index contributed by atoms with van der Waals surface area (Å²) in [5, 5.41) is 10.3. The van der Waals surface area contributed by atoms with Gasteiger partial charge in [0.2, 0.25) is 11.7 Å². The molecule has 1 N–H and O–H groups in total. The fourth-order valence-corrected chi connectivity index (χ4v) is 7.86. The fraction of sp³-hybridized carbons (Fsp3) is 0.512. The minimum absolute atomic E-state index is 0.0715. The number of piperidine rings is 1. The lowest BCUT2D eigenvalue weighted by atomic mass is 9.75. The van der Waals surface area contributed by atoms with E-state index >= 15 is 0 Å². The van der Waals surface area contributed by atoms with Crippen LogP contribution >= 0.6 is 22.6 Å². The van der Waals surface area contributed by atoms with E-state index in [0.717, 1.165) is 60.5 Å². The maximum atomic E-state index is 14.9. The minimum atomic E-state index is -0.733. The van der Waals surface area contributed by atoms with E-state index in [2.05, 4.69) is 22.6 Å². The van der Waals surface area contributed by atoms with Crippen LogP contribution in [0.4, 0.5) is 0 Å². The summed E-state index contributed by atoms with van der Waals surface area (Å²) in [6.07, 6.45) is 7.61. The van der Waals surface area contributed by atoms with Gasteiger partial charge >= 0.3 is 5.97 Å². The number of halogens is 1. The molecule has 3 atom stereocenters. The molecule has 11 heteroatoms. The number of hydrogen-bond donors (Lipinski definition) is 1. The highest BCUT2D eigenvalue weighted by molar-refractivity contribution is 14.1. The van der Waals surface area contributed by atoms with Crippen LogP contribution < -0.4 is 23.7 Å². The van der Waals surface area contributed by atoms with Crippen LogP contribution in [-0.4, -0.2) is 73.9 Å². The molecule has 3 aromatic rings. The molecule has 10 nitrogen and oxygen atoms in total. The summed E-state index contributed by atoms with van der Waals surface area (Å²) in [6.45, 7) is 0.961. The SMILES string of the molecule is COc1ccc(CC[C@H](OC(=O)[C@H]2CCCCN2C(=O)[C@H](c2cc(OC)c(OCCI)c(OC)c2)C2CCCCC2)c2cccc(O)c2)cc1OC. The molecule has 1 aliphatic carbocycles. The summed E-state index contributed by atoms with van der Waals surface area (Å²) in [6, 6.07) is 15.6. The maximum Gasteiger partial charge on any atom is 0.329 e. The van der Waals surface area contributed by atoms with Crippen molar-refractivity contribution < 1.29 is 43.1 Å². The first-order valence-electron chi connectivity index (χ1n) is 18.3. The number of esters is 1. The topological polar surface area (TPSA) is 113 Å². The first-order chi connectivity index (χ1) is 25.3. The van der Waals surface area contributed by atoms with Gasteiger partial charge in [-0.1, -0.05) is 60.1 Å². The predicted molar refractivity (Wildman–Crippen MR) is 207 cm³/mol. The number of aromatic hydroxyl groups is 1. The molecular weight excluding hydrogens is 777 g/mol. The van der Waals surface area contributed by atoms with E-state index in [0.29, 0.717) is 66.7 Å². The Labute approximate surface area is 321 Å². The summed E-state index contributed by atoms with van der Waals surface area (Å²) >= 11 is 2.26. The monoisotopic (exact) mass is 829 g/mol. The number of phenolic OH excluding ortho intramolecular Hbond substituents is 1. The Morgan fingerprint density at radius 1 is 0.808 bits per heavy atom. The van der Waals surface area contributed by atoms with Gasteiger partial charge in [-0.15, -0.1) is 0 Å². The average molecular weight is 830 g/mol. The summed E-state index contributed by atoms with van der Waals surface area (Å²) < 4.78 is 35.6. The number of methoxy groups -OCH3 is 4. The quantitative estimate of drug-likeness (QED) is 0.0868. The van der Waals surface area contributed by atoms with Gasteiger partial charge in [0, 0.05) is 11.0 Å². The van der Waals surface area contributed by atoms with Crippen LogP contribution in [0.25, 0.3) is 0 Å². The third-order valence-corrected chi connectivity index (χ3v) is 10.7. The molecular formula is C41H52INO9. The lowest BCUT2D eigenvalue weighted by Crippen LogP contribution is -2.51. The van der Waals surface area contributed by atoms with Gasteiger partial charge in [-0.05, 0) is 104 Å². The van der Waals surface area contributed by atoms with E-state index in [-0.39, 0.29) is 17.6 Å². The van der Waals surface area contributed by atoms with E-state index in [1.54, 1.807) is 51.5 Å². The van der Waals surface area contributed by atoms with E-state index in [9.17, 15) is 14.7 Å². The molecule has 1 aliphatic heterocycles. The van der Waals surface area contributed by atoms with Crippen molar-refractivity contribution >= 4 is 34.5 Å². The summed E-state index contributed by atoms with van der Waals surface area (Å²) in [7, 11) is 6.38. The van der Waals surface area contributed by atoms with E-state index < -0.39 is 24.0 Å². The van der Waals surface area contributed by atoms with Gasteiger partial charge in [-0.2, -0.15) is 0 Å². The second kappa shape index (κ2) is 19.3. The van der Waals surface area contributed by atoms with Crippen molar-refractivity contribution in [2.75, 3.05) is 46.0 Å². The molecule has 5 rings (SSSR count). The van der Waals surface area contributed by atoms with Crippen LogP contribution in [0.15, 0.2) is 54.6 Å². The number of nitrogens with zero attached hydrogens (tertiary/aromatic N) is 1. The fourth-order valence-electron chi connectivity index (χ4n) is 7.64. The Morgan fingerprint density at radius 2 is 1.50 bits per heavy atom. The molecule has 3 aromatic carbocycles.